The molecule has 0 aliphatic heterocycles. The predicted octanol–water partition coefficient (Wildman–Crippen LogP) is 2.95. The van der Waals surface area contributed by atoms with Gasteiger partial charge in [0.15, 0.2) is 0 Å². The summed E-state index contributed by atoms with van der Waals surface area (Å²) in [5.74, 6) is 0.740. The van der Waals surface area contributed by atoms with Gasteiger partial charge in [0.25, 0.3) is 0 Å². The maximum atomic E-state index is 12.5. The molecule has 2 aromatic rings. The van der Waals surface area contributed by atoms with Crippen LogP contribution in [-0.2, 0) is 19.1 Å². The minimum Gasteiger partial charge on any atom is -0.324 e. The largest absolute Gasteiger partial charge is 0.416 e. The molecule has 0 bridgehead atoms. The molecular weight excluding hydrogens is 281 g/mol. The summed E-state index contributed by atoms with van der Waals surface area (Å²) in [6, 6.07) is 4.51. The molecule has 1 aromatic heterocycles. The summed E-state index contributed by atoms with van der Waals surface area (Å²) < 4.78 is 39.3. The highest BCUT2D eigenvalue weighted by atomic mass is 19.4. The smallest absolute Gasteiger partial charge is 0.324 e. The third-order valence-corrected chi connectivity index (χ3v) is 3.20. The van der Waals surface area contributed by atoms with Crippen LogP contribution in [0.2, 0.25) is 0 Å². The Morgan fingerprint density at radius 3 is 2.48 bits per heavy atom. The van der Waals surface area contributed by atoms with Gasteiger partial charge in [0.05, 0.1) is 5.56 Å². The molecule has 21 heavy (non-hydrogen) atoms. The van der Waals surface area contributed by atoms with Crippen molar-refractivity contribution < 1.29 is 13.2 Å². The molecular formula is C14H17F3N4. The zero-order valence-electron chi connectivity index (χ0n) is 11.6. The molecule has 0 saturated carbocycles. The zero-order valence-corrected chi connectivity index (χ0v) is 11.6. The van der Waals surface area contributed by atoms with Crippen LogP contribution in [0.15, 0.2) is 30.6 Å². The molecule has 0 radical (unpaired) electrons. The van der Waals surface area contributed by atoms with E-state index >= 15 is 0 Å². The Balaban J connectivity index is 2.09. The number of aryl methyl sites for hydroxylation is 1. The van der Waals surface area contributed by atoms with Crippen LogP contribution in [0.3, 0.4) is 0 Å². The second-order valence-electron chi connectivity index (χ2n) is 4.83. The van der Waals surface area contributed by atoms with Crippen molar-refractivity contribution in [2.75, 3.05) is 0 Å². The lowest BCUT2D eigenvalue weighted by atomic mass is 10.0. The van der Waals surface area contributed by atoms with Gasteiger partial charge in [-0.05, 0) is 24.1 Å². The monoisotopic (exact) mass is 298 g/mol. The molecule has 0 aliphatic carbocycles. The van der Waals surface area contributed by atoms with Gasteiger partial charge in [-0.3, -0.25) is 4.68 Å². The summed E-state index contributed by atoms with van der Waals surface area (Å²) in [6.07, 6.45) is -1.51. The Labute approximate surface area is 120 Å². The maximum absolute atomic E-state index is 12.5. The first-order valence-corrected chi connectivity index (χ1v) is 6.71. The lowest BCUT2D eigenvalue weighted by molar-refractivity contribution is -0.137. The van der Waals surface area contributed by atoms with E-state index in [2.05, 4.69) is 10.1 Å². The lowest BCUT2D eigenvalue weighted by Gasteiger charge is -2.14. The van der Waals surface area contributed by atoms with E-state index in [0.29, 0.717) is 12.0 Å². The van der Waals surface area contributed by atoms with Crippen molar-refractivity contribution in [2.45, 2.75) is 38.5 Å². The van der Waals surface area contributed by atoms with Crippen molar-refractivity contribution in [1.29, 1.82) is 0 Å². The quantitative estimate of drug-likeness (QED) is 0.923. The predicted molar refractivity (Wildman–Crippen MR) is 72.4 cm³/mol. The van der Waals surface area contributed by atoms with Gasteiger partial charge in [0.1, 0.15) is 12.2 Å². The number of alkyl halides is 3. The van der Waals surface area contributed by atoms with Gasteiger partial charge in [-0.2, -0.15) is 18.3 Å². The van der Waals surface area contributed by atoms with E-state index in [-0.39, 0.29) is 0 Å². The van der Waals surface area contributed by atoms with Gasteiger partial charge in [0.2, 0.25) is 0 Å². The molecule has 2 N–H and O–H groups in total. The summed E-state index contributed by atoms with van der Waals surface area (Å²) >= 11 is 0. The molecule has 2 rings (SSSR count). The van der Waals surface area contributed by atoms with Gasteiger partial charge < -0.3 is 5.73 Å². The second kappa shape index (κ2) is 6.26. The van der Waals surface area contributed by atoms with E-state index in [0.717, 1.165) is 30.9 Å². The van der Waals surface area contributed by atoms with Crippen molar-refractivity contribution in [3.8, 4) is 0 Å². The van der Waals surface area contributed by atoms with Gasteiger partial charge in [0, 0.05) is 19.0 Å². The second-order valence-corrected chi connectivity index (χ2v) is 4.83. The van der Waals surface area contributed by atoms with E-state index in [1.54, 1.807) is 4.68 Å². The number of benzene rings is 1. The van der Waals surface area contributed by atoms with Gasteiger partial charge >= 0.3 is 6.18 Å². The molecule has 0 saturated heterocycles. The molecule has 0 fully saturated rings. The minimum atomic E-state index is -4.33. The van der Waals surface area contributed by atoms with Crippen molar-refractivity contribution in [2.24, 2.45) is 5.73 Å². The summed E-state index contributed by atoms with van der Waals surface area (Å²) in [5.41, 5.74) is 6.02. The Kier molecular flexibility index (Phi) is 4.62. The molecule has 0 spiro atoms. The molecule has 114 valence electrons. The first-order chi connectivity index (χ1) is 9.91. The van der Waals surface area contributed by atoms with Crippen LogP contribution in [0.4, 0.5) is 13.2 Å². The summed E-state index contributed by atoms with van der Waals surface area (Å²) in [6.45, 7) is 2.77. The Hall–Kier alpha value is -1.89. The number of halogens is 3. The minimum absolute atomic E-state index is 0.410. The number of nitrogens with zero attached hydrogens (tertiary/aromatic N) is 3. The van der Waals surface area contributed by atoms with Crippen LogP contribution in [0.5, 0.6) is 0 Å². The number of rotatable bonds is 5. The molecule has 1 unspecified atom stereocenters. The number of hydrogen-bond donors (Lipinski definition) is 1. The van der Waals surface area contributed by atoms with Crippen molar-refractivity contribution in [1.82, 2.24) is 14.8 Å². The highest BCUT2D eigenvalue weighted by Crippen LogP contribution is 2.30. The highest BCUT2D eigenvalue weighted by Gasteiger charge is 2.30. The van der Waals surface area contributed by atoms with Crippen LogP contribution in [-0.4, -0.2) is 14.8 Å². The van der Waals surface area contributed by atoms with Crippen LogP contribution in [0.25, 0.3) is 0 Å². The number of aromatic nitrogens is 3. The third kappa shape index (κ3) is 3.81. The molecule has 1 aromatic carbocycles. The summed E-state index contributed by atoms with van der Waals surface area (Å²) in [7, 11) is 0. The normalized spacial score (nSPS) is 13.4. The Bertz CT molecular complexity index is 575. The summed E-state index contributed by atoms with van der Waals surface area (Å²) in [4.78, 5) is 4.15. The van der Waals surface area contributed by atoms with E-state index < -0.39 is 17.8 Å². The van der Waals surface area contributed by atoms with E-state index in [1.807, 2.05) is 6.92 Å². The zero-order chi connectivity index (χ0) is 15.5. The SMILES string of the molecule is CCCn1ncnc1CC(N)c1ccc(C(F)(F)F)cc1. The fraction of sp³-hybridized carbons (Fsp3) is 0.429. The maximum Gasteiger partial charge on any atom is 0.416 e. The van der Waals surface area contributed by atoms with Crippen molar-refractivity contribution in [3.05, 3.63) is 47.5 Å². The van der Waals surface area contributed by atoms with Crippen molar-refractivity contribution in [3.63, 3.8) is 0 Å². The number of nitrogens with two attached hydrogens (primary N) is 1. The standard InChI is InChI=1S/C14H17F3N4/c1-2-7-21-13(19-9-20-21)8-12(18)10-3-5-11(6-4-10)14(15,16)17/h3-6,9,12H,2,7-8,18H2,1H3. The van der Waals surface area contributed by atoms with Gasteiger partial charge in [-0.1, -0.05) is 19.1 Å². The van der Waals surface area contributed by atoms with E-state index in [1.165, 1.54) is 18.5 Å². The number of hydrogen-bond acceptors (Lipinski definition) is 3. The van der Waals surface area contributed by atoms with Gasteiger partial charge in [-0.15, -0.1) is 0 Å². The first kappa shape index (κ1) is 15.5. The van der Waals surface area contributed by atoms with Crippen molar-refractivity contribution >= 4 is 0 Å². The average Bonchev–Trinajstić information content (AvgIpc) is 2.86. The van der Waals surface area contributed by atoms with E-state index in [4.69, 9.17) is 5.73 Å². The van der Waals surface area contributed by atoms with Gasteiger partial charge in [-0.25, -0.2) is 4.98 Å². The van der Waals surface area contributed by atoms with Crippen LogP contribution < -0.4 is 5.73 Å². The molecule has 0 amide bonds. The molecule has 4 nitrogen and oxygen atoms in total. The highest BCUT2D eigenvalue weighted by molar-refractivity contribution is 5.27. The fourth-order valence-corrected chi connectivity index (χ4v) is 2.08. The third-order valence-electron chi connectivity index (χ3n) is 3.20. The molecule has 1 atom stereocenters. The molecule has 0 aliphatic rings. The summed E-state index contributed by atoms with van der Waals surface area (Å²) in [5, 5.41) is 4.10. The first-order valence-electron chi connectivity index (χ1n) is 6.71. The molecule has 7 heteroatoms. The Morgan fingerprint density at radius 1 is 1.24 bits per heavy atom. The average molecular weight is 298 g/mol. The topological polar surface area (TPSA) is 56.7 Å². The van der Waals surface area contributed by atoms with Crippen LogP contribution in [0.1, 0.15) is 36.3 Å². The lowest BCUT2D eigenvalue weighted by Crippen LogP contribution is -2.17. The van der Waals surface area contributed by atoms with Crippen LogP contribution in [0, 0.1) is 0 Å². The fourth-order valence-electron chi connectivity index (χ4n) is 2.08. The van der Waals surface area contributed by atoms with Crippen LogP contribution >= 0.6 is 0 Å². The Morgan fingerprint density at radius 2 is 1.90 bits per heavy atom. The molecule has 1 heterocycles. The van der Waals surface area contributed by atoms with E-state index in [9.17, 15) is 13.2 Å².